The first-order valence-electron chi connectivity index (χ1n) is 6.74. The molecule has 4 nitrogen and oxygen atoms in total. The van der Waals surface area contributed by atoms with Crippen molar-refractivity contribution in [2.24, 2.45) is 0 Å². The highest BCUT2D eigenvalue weighted by Gasteiger charge is 2.31. The van der Waals surface area contributed by atoms with Crippen LogP contribution in [0.2, 0.25) is 0 Å². The first kappa shape index (κ1) is 14.0. The lowest BCUT2D eigenvalue weighted by Gasteiger charge is -2.27. The molecule has 1 atom stereocenters. The second-order valence-corrected chi connectivity index (χ2v) is 6.00. The molecule has 0 aromatic carbocycles. The van der Waals surface area contributed by atoms with Crippen LogP contribution in [0.25, 0.3) is 0 Å². The standard InChI is InChI=1S/C15H22N2O2/c1-10(18)8-15(2,3)14-12(4-5-13(16)17-14)11-6-7-19-9-11/h4-5,11H,6-9H2,1-3H3,(H2,16,17). The number of carbonyl (C=O) groups excluding carboxylic acids is 1. The third-order valence-electron chi connectivity index (χ3n) is 3.65. The quantitative estimate of drug-likeness (QED) is 0.905. The van der Waals surface area contributed by atoms with Gasteiger partial charge in [0.25, 0.3) is 0 Å². The first-order chi connectivity index (χ1) is 8.90. The zero-order chi connectivity index (χ0) is 14.0. The molecule has 2 heterocycles. The van der Waals surface area contributed by atoms with Gasteiger partial charge >= 0.3 is 0 Å². The zero-order valence-electron chi connectivity index (χ0n) is 11.9. The van der Waals surface area contributed by atoms with E-state index in [9.17, 15) is 4.79 Å². The normalized spacial score (nSPS) is 19.6. The van der Waals surface area contributed by atoms with Crippen LogP contribution in [0, 0.1) is 0 Å². The fourth-order valence-corrected chi connectivity index (χ4v) is 2.84. The van der Waals surface area contributed by atoms with Crippen LogP contribution in [0.4, 0.5) is 5.82 Å². The molecule has 104 valence electrons. The Labute approximate surface area is 114 Å². The van der Waals surface area contributed by atoms with Crippen LogP contribution in [0.5, 0.6) is 0 Å². The van der Waals surface area contributed by atoms with Crippen molar-refractivity contribution in [3.05, 3.63) is 23.4 Å². The van der Waals surface area contributed by atoms with E-state index in [0.29, 0.717) is 18.2 Å². The van der Waals surface area contributed by atoms with Crippen molar-refractivity contribution >= 4 is 11.6 Å². The van der Waals surface area contributed by atoms with Gasteiger partial charge in [-0.05, 0) is 25.0 Å². The van der Waals surface area contributed by atoms with Gasteiger partial charge in [0.1, 0.15) is 11.6 Å². The molecule has 4 heteroatoms. The SMILES string of the molecule is CC(=O)CC(C)(C)c1nc(N)ccc1C1CCOC1. The van der Waals surface area contributed by atoms with E-state index in [4.69, 9.17) is 10.5 Å². The second kappa shape index (κ2) is 5.29. The Kier molecular flexibility index (Phi) is 3.90. The summed E-state index contributed by atoms with van der Waals surface area (Å²) in [5.74, 6) is 1.05. The fraction of sp³-hybridized carbons (Fsp3) is 0.600. The van der Waals surface area contributed by atoms with Crippen LogP contribution >= 0.6 is 0 Å². The minimum Gasteiger partial charge on any atom is -0.384 e. The molecule has 1 unspecified atom stereocenters. The lowest BCUT2D eigenvalue weighted by atomic mass is 9.79. The van der Waals surface area contributed by atoms with Crippen LogP contribution in [-0.2, 0) is 14.9 Å². The van der Waals surface area contributed by atoms with E-state index in [0.717, 1.165) is 25.3 Å². The Morgan fingerprint density at radius 2 is 2.26 bits per heavy atom. The number of pyridine rings is 1. The summed E-state index contributed by atoms with van der Waals surface area (Å²) in [6, 6.07) is 3.87. The number of nitrogens with zero attached hydrogens (tertiary/aromatic N) is 1. The van der Waals surface area contributed by atoms with Crippen molar-refractivity contribution in [2.75, 3.05) is 18.9 Å². The van der Waals surface area contributed by atoms with Crippen molar-refractivity contribution in [3.63, 3.8) is 0 Å². The summed E-state index contributed by atoms with van der Waals surface area (Å²) in [6.07, 6.45) is 1.48. The summed E-state index contributed by atoms with van der Waals surface area (Å²) >= 11 is 0. The van der Waals surface area contributed by atoms with Crippen LogP contribution in [0.3, 0.4) is 0 Å². The number of Topliss-reactive ketones (excluding diaryl/α,β-unsaturated/α-hetero) is 1. The van der Waals surface area contributed by atoms with Gasteiger partial charge in [0.15, 0.2) is 0 Å². The number of ether oxygens (including phenoxy) is 1. The number of nitrogens with two attached hydrogens (primary N) is 1. The van der Waals surface area contributed by atoms with E-state index in [-0.39, 0.29) is 11.2 Å². The Morgan fingerprint density at radius 1 is 1.53 bits per heavy atom. The predicted molar refractivity (Wildman–Crippen MR) is 75.2 cm³/mol. The summed E-state index contributed by atoms with van der Waals surface area (Å²) in [5, 5.41) is 0. The Balaban J connectivity index is 2.41. The number of ketones is 1. The van der Waals surface area contributed by atoms with Gasteiger partial charge < -0.3 is 10.5 Å². The van der Waals surface area contributed by atoms with Gasteiger partial charge in [-0.2, -0.15) is 0 Å². The number of nitrogen functional groups attached to an aromatic ring is 1. The summed E-state index contributed by atoms with van der Waals surface area (Å²) in [7, 11) is 0. The molecule has 1 aliphatic heterocycles. The maximum absolute atomic E-state index is 11.5. The minimum atomic E-state index is -0.293. The molecule has 2 rings (SSSR count). The van der Waals surface area contributed by atoms with Gasteiger partial charge in [0.2, 0.25) is 0 Å². The lowest BCUT2D eigenvalue weighted by molar-refractivity contribution is -0.118. The average Bonchev–Trinajstić information content (AvgIpc) is 2.80. The van der Waals surface area contributed by atoms with Crippen molar-refractivity contribution in [1.29, 1.82) is 0 Å². The van der Waals surface area contributed by atoms with E-state index >= 15 is 0 Å². The maximum Gasteiger partial charge on any atom is 0.130 e. The molecule has 0 spiro atoms. The molecule has 1 aliphatic rings. The van der Waals surface area contributed by atoms with Crippen LogP contribution in [0.1, 0.15) is 50.8 Å². The van der Waals surface area contributed by atoms with Gasteiger partial charge in [-0.25, -0.2) is 4.98 Å². The zero-order valence-corrected chi connectivity index (χ0v) is 11.9. The summed E-state index contributed by atoms with van der Waals surface area (Å²) in [4.78, 5) is 16.0. The molecule has 0 amide bonds. The van der Waals surface area contributed by atoms with Gasteiger partial charge in [0, 0.05) is 24.4 Å². The number of hydrogen-bond acceptors (Lipinski definition) is 4. The molecule has 2 N–H and O–H groups in total. The molecule has 1 fully saturated rings. The molecular weight excluding hydrogens is 240 g/mol. The van der Waals surface area contributed by atoms with Crippen molar-refractivity contribution < 1.29 is 9.53 Å². The maximum atomic E-state index is 11.5. The van der Waals surface area contributed by atoms with Crippen LogP contribution < -0.4 is 5.73 Å². The molecule has 1 aromatic heterocycles. The van der Waals surface area contributed by atoms with Gasteiger partial charge in [-0.1, -0.05) is 19.9 Å². The predicted octanol–water partition coefficient (Wildman–Crippen LogP) is 2.42. The summed E-state index contributed by atoms with van der Waals surface area (Å²) in [5.41, 5.74) is 7.66. The molecule has 1 aromatic rings. The highest BCUT2D eigenvalue weighted by Crippen LogP contribution is 2.35. The van der Waals surface area contributed by atoms with E-state index in [1.54, 1.807) is 6.92 Å². The Bertz CT molecular complexity index is 477. The van der Waals surface area contributed by atoms with E-state index < -0.39 is 0 Å². The van der Waals surface area contributed by atoms with E-state index in [1.165, 1.54) is 5.56 Å². The molecule has 0 aliphatic carbocycles. The van der Waals surface area contributed by atoms with E-state index in [1.807, 2.05) is 12.1 Å². The highest BCUT2D eigenvalue weighted by atomic mass is 16.5. The van der Waals surface area contributed by atoms with Crippen LogP contribution in [0.15, 0.2) is 12.1 Å². The molecule has 0 saturated carbocycles. The fourth-order valence-electron chi connectivity index (χ4n) is 2.84. The number of hydrogen-bond donors (Lipinski definition) is 1. The minimum absolute atomic E-state index is 0.169. The lowest BCUT2D eigenvalue weighted by Crippen LogP contribution is -2.25. The first-order valence-corrected chi connectivity index (χ1v) is 6.74. The van der Waals surface area contributed by atoms with Crippen molar-refractivity contribution in [3.8, 4) is 0 Å². The molecule has 0 bridgehead atoms. The monoisotopic (exact) mass is 262 g/mol. The van der Waals surface area contributed by atoms with E-state index in [2.05, 4.69) is 18.8 Å². The molecule has 19 heavy (non-hydrogen) atoms. The average molecular weight is 262 g/mol. The summed E-state index contributed by atoms with van der Waals surface area (Å²) in [6.45, 7) is 7.24. The number of carbonyl (C=O) groups is 1. The number of rotatable bonds is 4. The molecule has 1 saturated heterocycles. The second-order valence-electron chi connectivity index (χ2n) is 6.00. The Morgan fingerprint density at radius 3 is 2.84 bits per heavy atom. The topological polar surface area (TPSA) is 65.2 Å². The largest absolute Gasteiger partial charge is 0.384 e. The van der Waals surface area contributed by atoms with Crippen molar-refractivity contribution in [1.82, 2.24) is 4.98 Å². The van der Waals surface area contributed by atoms with Gasteiger partial charge in [-0.3, -0.25) is 4.79 Å². The van der Waals surface area contributed by atoms with Gasteiger partial charge in [0.05, 0.1) is 12.3 Å². The summed E-state index contributed by atoms with van der Waals surface area (Å²) < 4.78 is 5.46. The Hall–Kier alpha value is -1.42. The third-order valence-corrected chi connectivity index (χ3v) is 3.65. The van der Waals surface area contributed by atoms with Crippen LogP contribution in [-0.4, -0.2) is 24.0 Å². The van der Waals surface area contributed by atoms with Gasteiger partial charge in [-0.15, -0.1) is 0 Å². The highest BCUT2D eigenvalue weighted by molar-refractivity contribution is 5.77. The molecule has 0 radical (unpaired) electrons. The molecular formula is C15H22N2O2. The third kappa shape index (κ3) is 3.13. The number of aromatic nitrogens is 1. The smallest absolute Gasteiger partial charge is 0.130 e. The van der Waals surface area contributed by atoms with Crippen molar-refractivity contribution in [2.45, 2.75) is 44.9 Å². The number of anilines is 1.